The third-order valence-corrected chi connectivity index (χ3v) is 4.66. The number of aryl methyl sites for hydroxylation is 1. The lowest BCUT2D eigenvalue weighted by atomic mass is 10.2. The first kappa shape index (κ1) is 12.6. The number of sulfone groups is 1. The summed E-state index contributed by atoms with van der Waals surface area (Å²) in [6, 6.07) is 1.74. The van der Waals surface area contributed by atoms with Crippen LogP contribution >= 0.6 is 0 Å². The van der Waals surface area contributed by atoms with Crippen molar-refractivity contribution in [1.29, 1.82) is 0 Å². The standard InChI is InChI=1S/C11H18N2O3S/c1-13-10(4-6-12-13)9-17(14,15)8-5-11-3-2-7-16-11/h4,6,11H,2-3,5,7-9H2,1H3. The first-order valence-corrected chi connectivity index (χ1v) is 7.68. The number of aromatic nitrogens is 2. The molecule has 6 heteroatoms. The molecule has 1 aliphatic rings. The molecule has 5 nitrogen and oxygen atoms in total. The maximum atomic E-state index is 11.9. The molecule has 1 saturated heterocycles. The van der Waals surface area contributed by atoms with Crippen molar-refractivity contribution in [1.82, 2.24) is 9.78 Å². The van der Waals surface area contributed by atoms with Gasteiger partial charge in [-0.05, 0) is 25.3 Å². The van der Waals surface area contributed by atoms with Gasteiger partial charge < -0.3 is 4.74 Å². The predicted octanol–water partition coefficient (Wildman–Crippen LogP) is 0.904. The van der Waals surface area contributed by atoms with Gasteiger partial charge in [0, 0.05) is 19.9 Å². The highest BCUT2D eigenvalue weighted by atomic mass is 32.2. The third-order valence-electron chi connectivity index (χ3n) is 3.07. The SMILES string of the molecule is Cn1nccc1CS(=O)(=O)CCC1CCCO1. The molecule has 0 bridgehead atoms. The van der Waals surface area contributed by atoms with E-state index in [4.69, 9.17) is 4.74 Å². The van der Waals surface area contributed by atoms with Gasteiger partial charge in [0.15, 0.2) is 9.84 Å². The summed E-state index contributed by atoms with van der Waals surface area (Å²) in [6.07, 6.45) is 4.40. The Hall–Kier alpha value is -0.880. The second-order valence-electron chi connectivity index (χ2n) is 4.46. The summed E-state index contributed by atoms with van der Waals surface area (Å²) in [5.74, 6) is 0.263. The lowest BCUT2D eigenvalue weighted by molar-refractivity contribution is 0.109. The molecule has 0 N–H and O–H groups in total. The van der Waals surface area contributed by atoms with Crippen molar-refractivity contribution in [2.75, 3.05) is 12.4 Å². The van der Waals surface area contributed by atoms with Crippen molar-refractivity contribution >= 4 is 9.84 Å². The van der Waals surface area contributed by atoms with Gasteiger partial charge in [-0.1, -0.05) is 0 Å². The smallest absolute Gasteiger partial charge is 0.156 e. The zero-order chi connectivity index (χ0) is 12.3. The van der Waals surface area contributed by atoms with E-state index in [9.17, 15) is 8.42 Å². The Labute approximate surface area is 102 Å². The molecule has 0 aromatic carbocycles. The third kappa shape index (κ3) is 3.54. The van der Waals surface area contributed by atoms with E-state index in [1.807, 2.05) is 0 Å². The van der Waals surface area contributed by atoms with Crippen LogP contribution in [0.4, 0.5) is 0 Å². The van der Waals surface area contributed by atoms with Crippen LogP contribution < -0.4 is 0 Å². The lowest BCUT2D eigenvalue weighted by Crippen LogP contribution is -2.17. The molecule has 1 fully saturated rings. The Balaban J connectivity index is 1.88. The molecule has 96 valence electrons. The minimum atomic E-state index is -3.06. The molecule has 0 saturated carbocycles. The molecule has 0 amide bonds. The summed E-state index contributed by atoms with van der Waals surface area (Å²) < 4.78 is 30.8. The van der Waals surface area contributed by atoms with Gasteiger partial charge in [-0.15, -0.1) is 0 Å². The Morgan fingerprint density at radius 3 is 3.00 bits per heavy atom. The maximum Gasteiger partial charge on any atom is 0.156 e. The molecule has 1 aliphatic heterocycles. The number of nitrogens with zero attached hydrogens (tertiary/aromatic N) is 2. The first-order valence-electron chi connectivity index (χ1n) is 5.86. The summed E-state index contributed by atoms with van der Waals surface area (Å²) in [7, 11) is -1.30. The van der Waals surface area contributed by atoms with E-state index in [1.165, 1.54) is 0 Å². The number of hydrogen-bond donors (Lipinski definition) is 0. The zero-order valence-corrected chi connectivity index (χ0v) is 10.8. The normalized spacial score (nSPS) is 20.9. The summed E-state index contributed by atoms with van der Waals surface area (Å²) in [6.45, 7) is 0.770. The van der Waals surface area contributed by atoms with Gasteiger partial charge in [-0.25, -0.2) is 8.42 Å². The second-order valence-corrected chi connectivity index (χ2v) is 6.65. The van der Waals surface area contributed by atoms with Crippen LogP contribution in [0.15, 0.2) is 12.3 Å². The maximum absolute atomic E-state index is 11.9. The van der Waals surface area contributed by atoms with Crippen LogP contribution in [-0.2, 0) is 27.4 Å². The molecule has 0 spiro atoms. The quantitative estimate of drug-likeness (QED) is 0.787. The van der Waals surface area contributed by atoms with E-state index in [2.05, 4.69) is 5.10 Å². The van der Waals surface area contributed by atoms with Crippen LogP contribution in [0.2, 0.25) is 0 Å². The van der Waals surface area contributed by atoms with Crippen LogP contribution in [-0.4, -0.2) is 36.7 Å². The fourth-order valence-electron chi connectivity index (χ4n) is 2.02. The topological polar surface area (TPSA) is 61.2 Å². The molecule has 1 aromatic heterocycles. The Morgan fingerprint density at radius 1 is 1.59 bits per heavy atom. The van der Waals surface area contributed by atoms with Gasteiger partial charge in [0.25, 0.3) is 0 Å². The van der Waals surface area contributed by atoms with Crippen LogP contribution in [0.5, 0.6) is 0 Å². The van der Waals surface area contributed by atoms with Crippen molar-refractivity contribution in [3.63, 3.8) is 0 Å². The summed E-state index contributed by atoms with van der Waals surface area (Å²) >= 11 is 0. The molecule has 0 radical (unpaired) electrons. The molecule has 1 unspecified atom stereocenters. The molecule has 1 aromatic rings. The highest BCUT2D eigenvalue weighted by molar-refractivity contribution is 7.90. The van der Waals surface area contributed by atoms with Gasteiger partial charge in [0.1, 0.15) is 0 Å². The minimum Gasteiger partial charge on any atom is -0.378 e. The van der Waals surface area contributed by atoms with Crippen LogP contribution in [0, 0.1) is 0 Å². The summed E-state index contributed by atoms with van der Waals surface area (Å²) in [5.41, 5.74) is 0.734. The molecular formula is C11H18N2O3S. The molecular weight excluding hydrogens is 240 g/mol. The van der Waals surface area contributed by atoms with Crippen LogP contribution in [0.25, 0.3) is 0 Å². The highest BCUT2D eigenvalue weighted by Crippen LogP contribution is 2.17. The van der Waals surface area contributed by atoms with Crippen molar-refractivity contribution < 1.29 is 13.2 Å². The average Bonchev–Trinajstić information content (AvgIpc) is 2.88. The first-order chi connectivity index (χ1) is 8.07. The van der Waals surface area contributed by atoms with Gasteiger partial charge >= 0.3 is 0 Å². The van der Waals surface area contributed by atoms with E-state index < -0.39 is 9.84 Å². The Bertz CT molecular complexity index is 461. The van der Waals surface area contributed by atoms with Gasteiger partial charge in [0.2, 0.25) is 0 Å². The molecule has 17 heavy (non-hydrogen) atoms. The van der Waals surface area contributed by atoms with E-state index >= 15 is 0 Å². The number of ether oxygens (including phenoxy) is 1. The van der Waals surface area contributed by atoms with Crippen molar-refractivity contribution in [3.8, 4) is 0 Å². The van der Waals surface area contributed by atoms with Gasteiger partial charge in [-0.3, -0.25) is 4.68 Å². The largest absolute Gasteiger partial charge is 0.378 e. The van der Waals surface area contributed by atoms with Crippen molar-refractivity contribution in [3.05, 3.63) is 18.0 Å². The monoisotopic (exact) mass is 258 g/mol. The van der Waals surface area contributed by atoms with Gasteiger partial charge in [-0.2, -0.15) is 5.10 Å². The van der Waals surface area contributed by atoms with Gasteiger partial charge in [0.05, 0.1) is 23.3 Å². The zero-order valence-electron chi connectivity index (χ0n) is 10.0. The summed E-state index contributed by atoms with van der Waals surface area (Å²) in [5, 5.41) is 3.97. The second kappa shape index (κ2) is 5.18. The lowest BCUT2D eigenvalue weighted by Gasteiger charge is -2.09. The van der Waals surface area contributed by atoms with Crippen molar-refractivity contribution in [2.45, 2.75) is 31.1 Å². The Kier molecular flexibility index (Phi) is 3.83. The van der Waals surface area contributed by atoms with Crippen LogP contribution in [0.3, 0.4) is 0 Å². The fourth-order valence-corrected chi connectivity index (χ4v) is 3.52. The highest BCUT2D eigenvalue weighted by Gasteiger charge is 2.20. The van der Waals surface area contributed by atoms with E-state index in [0.717, 1.165) is 25.1 Å². The van der Waals surface area contributed by atoms with E-state index in [-0.39, 0.29) is 17.6 Å². The Morgan fingerprint density at radius 2 is 2.41 bits per heavy atom. The summed E-state index contributed by atoms with van der Waals surface area (Å²) in [4.78, 5) is 0. The molecule has 2 heterocycles. The van der Waals surface area contributed by atoms with Crippen molar-refractivity contribution in [2.24, 2.45) is 7.05 Å². The minimum absolute atomic E-state index is 0.0657. The molecule has 1 atom stereocenters. The fraction of sp³-hybridized carbons (Fsp3) is 0.727. The van der Waals surface area contributed by atoms with E-state index in [1.54, 1.807) is 24.0 Å². The molecule has 0 aliphatic carbocycles. The number of hydrogen-bond acceptors (Lipinski definition) is 4. The molecule has 2 rings (SSSR count). The number of rotatable bonds is 5. The average molecular weight is 258 g/mol. The predicted molar refractivity (Wildman–Crippen MR) is 64.3 cm³/mol. The van der Waals surface area contributed by atoms with Crippen LogP contribution in [0.1, 0.15) is 25.0 Å². The van der Waals surface area contributed by atoms with E-state index in [0.29, 0.717) is 6.42 Å².